The number of nitrogens with one attached hydrogen (secondary N) is 1. The number of aryl methyl sites for hydroxylation is 1. The van der Waals surface area contributed by atoms with Gasteiger partial charge in [0.25, 0.3) is 5.56 Å². The van der Waals surface area contributed by atoms with Crippen molar-refractivity contribution in [2.24, 2.45) is 0 Å². The van der Waals surface area contributed by atoms with Crippen LogP contribution in [0.15, 0.2) is 51.0 Å². The summed E-state index contributed by atoms with van der Waals surface area (Å²) >= 11 is 1.41. The van der Waals surface area contributed by atoms with Crippen molar-refractivity contribution in [3.63, 3.8) is 0 Å². The zero-order valence-electron chi connectivity index (χ0n) is 26.0. The van der Waals surface area contributed by atoms with Crippen LogP contribution in [0, 0.1) is 0 Å². The van der Waals surface area contributed by atoms with Gasteiger partial charge in [0.1, 0.15) is 0 Å². The van der Waals surface area contributed by atoms with Gasteiger partial charge in [0.15, 0.2) is 20.8 Å². The predicted octanol–water partition coefficient (Wildman–Crippen LogP) is 6.43. The van der Waals surface area contributed by atoms with Crippen LogP contribution in [0.5, 0.6) is 0 Å². The number of hydrogen-bond acceptors (Lipinski definition) is 6. The largest absolute Gasteiger partial charge is 0.416 e. The minimum Gasteiger partial charge on any atom is -0.416 e. The molecule has 4 atom stereocenters. The van der Waals surface area contributed by atoms with Gasteiger partial charge >= 0.3 is 5.69 Å². The molecule has 1 N–H and O–H groups in total. The molecule has 224 valence electrons. The van der Waals surface area contributed by atoms with Crippen molar-refractivity contribution in [1.29, 1.82) is 0 Å². The van der Waals surface area contributed by atoms with E-state index in [0.717, 1.165) is 4.90 Å². The number of hydrogen-bond donors (Lipinski definition) is 1. The van der Waals surface area contributed by atoms with Gasteiger partial charge in [-0.05, 0) is 54.8 Å². The summed E-state index contributed by atoms with van der Waals surface area (Å²) in [4.78, 5) is 29.4. The van der Waals surface area contributed by atoms with Crippen molar-refractivity contribution in [3.05, 3.63) is 62.9 Å². The lowest BCUT2D eigenvalue weighted by Crippen LogP contribution is -2.48. The molecule has 3 rings (SSSR count). The van der Waals surface area contributed by atoms with Crippen molar-refractivity contribution < 1.29 is 13.1 Å². The molecule has 1 fully saturated rings. The molecule has 0 radical (unpaired) electrons. The summed E-state index contributed by atoms with van der Waals surface area (Å²) in [6, 6.07) is 9.72. The topological polar surface area (TPSA) is 90.4 Å². The zero-order valence-corrected chi connectivity index (χ0v) is 29.7. The molecule has 11 heteroatoms. The third-order valence-electron chi connectivity index (χ3n) is 8.91. The summed E-state index contributed by atoms with van der Waals surface area (Å²) in [5, 5.41) is -0.505. The molecule has 1 aliphatic heterocycles. The van der Waals surface area contributed by atoms with Crippen LogP contribution in [-0.4, -0.2) is 48.4 Å². The minimum absolute atomic E-state index is 0.00929. The lowest BCUT2D eigenvalue weighted by atomic mass is 10.2. The summed E-state index contributed by atoms with van der Waals surface area (Å²) in [5.74, 6) is 0. The van der Waals surface area contributed by atoms with E-state index in [4.69, 9.17) is 8.85 Å². The van der Waals surface area contributed by atoms with Gasteiger partial charge in [-0.25, -0.2) is 4.79 Å². The fourth-order valence-electron chi connectivity index (χ4n) is 4.21. The summed E-state index contributed by atoms with van der Waals surface area (Å²) < 4.78 is 28.9. The van der Waals surface area contributed by atoms with Gasteiger partial charge in [0.2, 0.25) is 0 Å². The summed E-state index contributed by atoms with van der Waals surface area (Å²) in [7, 11) is -6.03. The highest BCUT2D eigenvalue weighted by Crippen LogP contribution is 2.52. The third kappa shape index (κ3) is 6.70. The van der Waals surface area contributed by atoms with Crippen LogP contribution in [0.3, 0.4) is 0 Å². The van der Waals surface area contributed by atoms with Crippen LogP contribution >= 0.6 is 11.8 Å². The molecular formula is C29H48N2O5S2Si2. The first kappa shape index (κ1) is 33.3. The number of H-pyrrole nitrogens is 1. The van der Waals surface area contributed by atoms with Crippen LogP contribution in [0.2, 0.25) is 36.3 Å². The second kappa shape index (κ2) is 11.8. The Morgan fingerprint density at radius 1 is 1.02 bits per heavy atom. The van der Waals surface area contributed by atoms with E-state index in [1.54, 1.807) is 6.20 Å². The van der Waals surface area contributed by atoms with Gasteiger partial charge in [-0.15, -0.1) is 0 Å². The number of aromatic amines is 1. The van der Waals surface area contributed by atoms with E-state index in [2.05, 4.69) is 72.7 Å². The van der Waals surface area contributed by atoms with Crippen LogP contribution < -0.4 is 11.2 Å². The molecule has 2 heterocycles. The summed E-state index contributed by atoms with van der Waals surface area (Å²) in [6.45, 7) is 24.1. The van der Waals surface area contributed by atoms with Crippen LogP contribution in [0.25, 0.3) is 0 Å². The van der Waals surface area contributed by atoms with Gasteiger partial charge in [0.05, 0.1) is 28.8 Å². The van der Waals surface area contributed by atoms with E-state index >= 15 is 0 Å². The molecule has 1 saturated heterocycles. The standard InChI is InChI=1S/C29H48N2O5S2Si2/c1-12-21-19-31(26(33)30-25(21)32)29(37-22-16-14-13-15-17-22)18-23(36-40(10,11)28(5,6)7)24(38(29)34)20-35-39(8,9)27(2,3)4/h13-17,19,23-24H,12,18,20H2,1-11H3,(H,30,32,33)/t23-,24+,29+,38-/m0/s1. The molecule has 0 amide bonds. The van der Waals surface area contributed by atoms with Crippen molar-refractivity contribution >= 4 is 39.2 Å². The average Bonchev–Trinajstić information content (AvgIpc) is 3.07. The van der Waals surface area contributed by atoms with Gasteiger partial charge in [-0.3, -0.25) is 18.6 Å². The van der Waals surface area contributed by atoms with Gasteiger partial charge in [-0.2, -0.15) is 0 Å². The molecular weight excluding hydrogens is 577 g/mol. The number of benzene rings is 1. The first-order valence-electron chi connectivity index (χ1n) is 14.1. The zero-order chi connectivity index (χ0) is 30.3. The number of nitrogens with zero attached hydrogens (tertiary/aromatic N) is 1. The first-order valence-corrected chi connectivity index (χ1v) is 21.9. The quantitative estimate of drug-likeness (QED) is 0.323. The average molecular weight is 625 g/mol. The highest BCUT2D eigenvalue weighted by molar-refractivity contribution is 8.11. The first-order chi connectivity index (χ1) is 18.3. The Labute approximate surface area is 248 Å². The second-order valence-electron chi connectivity index (χ2n) is 13.8. The monoisotopic (exact) mass is 624 g/mol. The molecule has 1 aromatic carbocycles. The highest BCUT2D eigenvalue weighted by Gasteiger charge is 2.58. The normalized spacial score (nSPS) is 24.4. The maximum atomic E-state index is 14.9. The van der Waals surface area contributed by atoms with Crippen molar-refractivity contribution in [1.82, 2.24) is 9.55 Å². The highest BCUT2D eigenvalue weighted by atomic mass is 32.2. The maximum absolute atomic E-state index is 14.9. The van der Waals surface area contributed by atoms with E-state index in [0.29, 0.717) is 18.4 Å². The lowest BCUT2D eigenvalue weighted by Gasteiger charge is -2.40. The Morgan fingerprint density at radius 2 is 1.60 bits per heavy atom. The van der Waals surface area contributed by atoms with Crippen molar-refractivity contribution in [3.8, 4) is 0 Å². The number of aromatic nitrogens is 2. The lowest BCUT2D eigenvalue weighted by molar-refractivity contribution is 0.142. The molecule has 7 nitrogen and oxygen atoms in total. The molecule has 0 unspecified atom stereocenters. The van der Waals surface area contributed by atoms with Crippen LogP contribution in [0.4, 0.5) is 0 Å². The van der Waals surface area contributed by atoms with E-state index in [9.17, 15) is 13.8 Å². The Hall–Kier alpha value is -1.25. The summed E-state index contributed by atoms with van der Waals surface area (Å²) in [5.41, 5.74) is -0.484. The Kier molecular flexibility index (Phi) is 9.81. The van der Waals surface area contributed by atoms with E-state index in [1.807, 2.05) is 37.3 Å². The van der Waals surface area contributed by atoms with Gasteiger partial charge < -0.3 is 8.85 Å². The predicted molar refractivity (Wildman–Crippen MR) is 173 cm³/mol. The van der Waals surface area contributed by atoms with Crippen LogP contribution in [-0.2, 0) is 30.3 Å². The van der Waals surface area contributed by atoms with Crippen molar-refractivity contribution in [2.45, 2.75) is 118 Å². The molecule has 40 heavy (non-hydrogen) atoms. The maximum Gasteiger partial charge on any atom is 0.330 e. The van der Waals surface area contributed by atoms with E-state index in [1.165, 1.54) is 16.3 Å². The minimum atomic E-state index is -2.28. The Bertz CT molecular complexity index is 1330. The Balaban J connectivity index is 2.21. The number of thioether (sulfide) groups is 1. The fourth-order valence-corrected chi connectivity index (χ4v) is 10.7. The molecule has 0 spiro atoms. The molecule has 1 aromatic heterocycles. The third-order valence-corrected chi connectivity index (χ3v) is 21.8. The van der Waals surface area contributed by atoms with Crippen molar-refractivity contribution in [2.75, 3.05) is 6.61 Å². The van der Waals surface area contributed by atoms with E-state index in [-0.39, 0.29) is 22.8 Å². The molecule has 0 aliphatic carbocycles. The fraction of sp³-hybridized carbons (Fsp3) is 0.655. The molecule has 0 bridgehead atoms. The second-order valence-corrected chi connectivity index (χ2v) is 26.8. The van der Waals surface area contributed by atoms with Gasteiger partial charge in [0, 0.05) is 23.1 Å². The smallest absolute Gasteiger partial charge is 0.330 e. The van der Waals surface area contributed by atoms with Crippen LogP contribution in [0.1, 0.15) is 60.5 Å². The SMILES string of the molecule is CCc1cn([C@@]2(Sc3ccccc3)C[C@H](O[Si](C)(C)C(C)(C)C)[C@@H](CO[Si](C)(C)C(C)(C)C)[S@@]2=O)c(=O)[nH]c1=O. The molecule has 1 aliphatic rings. The molecule has 0 saturated carbocycles. The van der Waals surface area contributed by atoms with E-state index < -0.39 is 48.1 Å². The number of rotatable bonds is 9. The summed E-state index contributed by atoms with van der Waals surface area (Å²) in [6.07, 6.45) is 2.03. The van der Waals surface area contributed by atoms with Gasteiger partial charge in [-0.1, -0.05) is 78.4 Å². The Morgan fingerprint density at radius 3 is 2.12 bits per heavy atom. The molecule has 2 aromatic rings.